The van der Waals surface area contributed by atoms with Crippen molar-refractivity contribution >= 4 is 11.5 Å². The highest BCUT2D eigenvalue weighted by molar-refractivity contribution is 5.97. The lowest BCUT2D eigenvalue weighted by molar-refractivity contribution is -0.138. The Morgan fingerprint density at radius 3 is 2.00 bits per heavy atom. The highest BCUT2D eigenvalue weighted by atomic mass is 16.5. The topological polar surface area (TPSA) is 73.9 Å². The molecule has 34 heavy (non-hydrogen) atoms. The lowest BCUT2D eigenvalue weighted by Gasteiger charge is -2.27. The number of nitrogens with zero attached hydrogens (tertiary/aromatic N) is 2. The molecule has 0 aromatic heterocycles. The van der Waals surface area contributed by atoms with Gasteiger partial charge in [-0.05, 0) is 47.8 Å². The smallest absolute Gasteiger partial charge is 0.334 e. The van der Waals surface area contributed by atoms with Gasteiger partial charge in [-0.25, -0.2) is 4.79 Å². The molecule has 0 aliphatic heterocycles. The van der Waals surface area contributed by atoms with Crippen LogP contribution in [0, 0.1) is 35.0 Å². The zero-order valence-electron chi connectivity index (χ0n) is 19.2. The quantitative estimate of drug-likeness (QED) is 0.445. The van der Waals surface area contributed by atoms with Crippen molar-refractivity contribution in [2.24, 2.45) is 5.41 Å². The van der Waals surface area contributed by atoms with E-state index in [2.05, 4.69) is 12.1 Å². The molecule has 0 spiro atoms. The van der Waals surface area contributed by atoms with Crippen molar-refractivity contribution < 1.29 is 9.53 Å². The van der Waals surface area contributed by atoms with Crippen molar-refractivity contribution in [1.29, 1.82) is 10.5 Å². The van der Waals surface area contributed by atoms with Gasteiger partial charge in [-0.1, -0.05) is 90.5 Å². The molecular formula is C30H24N2O2. The van der Waals surface area contributed by atoms with Crippen LogP contribution in [-0.2, 0) is 9.53 Å². The van der Waals surface area contributed by atoms with Crippen LogP contribution in [0.3, 0.4) is 0 Å². The van der Waals surface area contributed by atoms with Crippen molar-refractivity contribution in [3.05, 3.63) is 124 Å². The summed E-state index contributed by atoms with van der Waals surface area (Å²) in [5.41, 5.74) is 3.40. The molecule has 1 aliphatic rings. The summed E-state index contributed by atoms with van der Waals surface area (Å²) in [5.74, 6) is -1.29. The Bertz CT molecular complexity index is 1300. The molecule has 0 fully saturated rings. The van der Waals surface area contributed by atoms with E-state index in [-0.39, 0.29) is 6.61 Å². The maximum atomic E-state index is 13.1. The molecule has 0 radical (unpaired) electrons. The third kappa shape index (κ3) is 3.91. The third-order valence-corrected chi connectivity index (χ3v) is 6.10. The van der Waals surface area contributed by atoms with E-state index in [1.165, 1.54) is 0 Å². The largest absolute Gasteiger partial charge is 0.463 e. The minimum Gasteiger partial charge on any atom is -0.463 e. The third-order valence-electron chi connectivity index (χ3n) is 6.10. The van der Waals surface area contributed by atoms with E-state index < -0.39 is 17.3 Å². The number of benzene rings is 3. The first-order chi connectivity index (χ1) is 16.6. The number of rotatable bonds is 5. The molecule has 3 aromatic carbocycles. The molecule has 0 saturated carbocycles. The number of aryl methyl sites for hydroxylation is 1. The maximum absolute atomic E-state index is 13.1. The second kappa shape index (κ2) is 9.61. The molecule has 1 atom stereocenters. The van der Waals surface area contributed by atoms with Crippen LogP contribution in [0.1, 0.15) is 35.1 Å². The van der Waals surface area contributed by atoms with Gasteiger partial charge in [-0.2, -0.15) is 10.5 Å². The Balaban J connectivity index is 2.11. The number of hydrogen-bond donors (Lipinski definition) is 0. The summed E-state index contributed by atoms with van der Waals surface area (Å²) in [6, 6.07) is 31.6. The second-order valence-corrected chi connectivity index (χ2v) is 8.22. The number of carbonyl (C=O) groups is 1. The summed E-state index contributed by atoms with van der Waals surface area (Å²) in [4.78, 5) is 13.1. The average Bonchev–Trinajstić information content (AvgIpc) is 3.21. The molecular weight excluding hydrogens is 420 g/mol. The Kier molecular flexibility index (Phi) is 6.44. The summed E-state index contributed by atoms with van der Waals surface area (Å²) >= 11 is 0. The molecule has 3 aromatic rings. The number of allylic oxidation sites excluding steroid dienone is 2. The lowest BCUT2D eigenvalue weighted by Crippen LogP contribution is -2.27. The predicted molar refractivity (Wildman–Crippen MR) is 131 cm³/mol. The van der Waals surface area contributed by atoms with Gasteiger partial charge in [0.25, 0.3) is 0 Å². The summed E-state index contributed by atoms with van der Waals surface area (Å²) in [6.07, 6.45) is 1.70. The number of carbonyl (C=O) groups excluding carboxylic acids is 1. The van der Waals surface area contributed by atoms with E-state index in [1.807, 2.05) is 91.9 Å². The number of hydrogen-bond acceptors (Lipinski definition) is 4. The monoisotopic (exact) mass is 444 g/mol. The number of nitriles is 2. The van der Waals surface area contributed by atoms with Gasteiger partial charge in [-0.3, -0.25) is 0 Å². The number of esters is 1. The van der Waals surface area contributed by atoms with E-state index in [4.69, 9.17) is 4.74 Å². The van der Waals surface area contributed by atoms with E-state index in [9.17, 15) is 15.3 Å². The summed E-state index contributed by atoms with van der Waals surface area (Å²) in [6.45, 7) is 3.89. The molecule has 1 aliphatic carbocycles. The van der Waals surface area contributed by atoms with Crippen LogP contribution in [-0.4, -0.2) is 12.6 Å². The van der Waals surface area contributed by atoms with Crippen molar-refractivity contribution in [3.63, 3.8) is 0 Å². The SMILES string of the molecule is CCOC(=O)C1=CC(=C(c2ccccc2)c2ccccc2)C(C#N)(C#N)C1c1cccc(C)c1. The fourth-order valence-electron chi connectivity index (χ4n) is 4.64. The molecule has 0 saturated heterocycles. The fourth-order valence-corrected chi connectivity index (χ4v) is 4.64. The zero-order valence-corrected chi connectivity index (χ0v) is 19.2. The first kappa shape index (κ1) is 22.8. The Morgan fingerprint density at radius 2 is 1.50 bits per heavy atom. The fraction of sp³-hybridized carbons (Fsp3) is 0.167. The van der Waals surface area contributed by atoms with Gasteiger partial charge in [0.1, 0.15) is 0 Å². The Hall–Kier alpha value is -4.41. The summed E-state index contributed by atoms with van der Waals surface area (Å²) in [7, 11) is 0. The van der Waals surface area contributed by atoms with Gasteiger partial charge < -0.3 is 4.74 Å². The summed E-state index contributed by atoms with van der Waals surface area (Å²) in [5, 5.41) is 21.1. The molecule has 1 unspecified atom stereocenters. The highest BCUT2D eigenvalue weighted by Crippen LogP contribution is 2.55. The van der Waals surface area contributed by atoms with E-state index in [1.54, 1.807) is 13.0 Å². The van der Waals surface area contributed by atoms with Gasteiger partial charge in [0.05, 0.1) is 24.7 Å². The molecule has 4 heteroatoms. The van der Waals surface area contributed by atoms with Gasteiger partial charge in [0.2, 0.25) is 0 Å². The van der Waals surface area contributed by atoms with Crippen LogP contribution in [0.25, 0.3) is 5.57 Å². The lowest BCUT2D eigenvalue weighted by atomic mass is 9.69. The maximum Gasteiger partial charge on any atom is 0.334 e. The molecule has 166 valence electrons. The standard InChI is InChI=1S/C30H24N2O2/c1-3-34-29(33)25-18-26(27(22-12-6-4-7-13-22)23-14-8-5-9-15-23)30(19-31,20-32)28(25)24-16-10-11-21(2)17-24/h4-18,28H,3H2,1-2H3. The number of ether oxygens (including phenoxy) is 1. The zero-order chi connectivity index (χ0) is 24.1. The second-order valence-electron chi connectivity index (χ2n) is 8.22. The van der Waals surface area contributed by atoms with Crippen LogP contribution >= 0.6 is 0 Å². The van der Waals surface area contributed by atoms with Gasteiger partial charge in [0, 0.05) is 5.57 Å². The van der Waals surface area contributed by atoms with Crippen LogP contribution in [0.2, 0.25) is 0 Å². The van der Waals surface area contributed by atoms with Gasteiger partial charge in [0.15, 0.2) is 5.41 Å². The molecule has 4 nitrogen and oxygen atoms in total. The molecule has 0 bridgehead atoms. The molecule has 0 heterocycles. The first-order valence-corrected chi connectivity index (χ1v) is 11.2. The van der Waals surface area contributed by atoms with E-state index >= 15 is 0 Å². The Morgan fingerprint density at radius 1 is 0.912 bits per heavy atom. The Labute approximate surface area is 200 Å². The van der Waals surface area contributed by atoms with Gasteiger partial charge >= 0.3 is 5.97 Å². The van der Waals surface area contributed by atoms with E-state index in [0.717, 1.165) is 27.8 Å². The van der Waals surface area contributed by atoms with Crippen LogP contribution in [0.15, 0.2) is 102 Å². The van der Waals surface area contributed by atoms with E-state index in [0.29, 0.717) is 11.1 Å². The minimum atomic E-state index is -1.61. The van der Waals surface area contributed by atoms with Crippen molar-refractivity contribution in [1.82, 2.24) is 0 Å². The molecule has 4 rings (SSSR count). The van der Waals surface area contributed by atoms with Crippen LogP contribution < -0.4 is 0 Å². The first-order valence-electron chi connectivity index (χ1n) is 11.2. The average molecular weight is 445 g/mol. The van der Waals surface area contributed by atoms with Gasteiger partial charge in [-0.15, -0.1) is 0 Å². The van der Waals surface area contributed by atoms with Crippen LogP contribution in [0.4, 0.5) is 0 Å². The normalized spacial score (nSPS) is 16.2. The predicted octanol–water partition coefficient (Wildman–Crippen LogP) is 6.12. The highest BCUT2D eigenvalue weighted by Gasteiger charge is 2.53. The molecule has 0 amide bonds. The van der Waals surface area contributed by atoms with Crippen LogP contribution in [0.5, 0.6) is 0 Å². The minimum absolute atomic E-state index is 0.200. The molecule has 0 N–H and O–H groups in total. The van der Waals surface area contributed by atoms with Crippen molar-refractivity contribution in [2.75, 3.05) is 6.61 Å². The van der Waals surface area contributed by atoms with Crippen molar-refractivity contribution in [2.45, 2.75) is 19.8 Å². The summed E-state index contributed by atoms with van der Waals surface area (Å²) < 4.78 is 5.38. The van der Waals surface area contributed by atoms with Crippen molar-refractivity contribution in [3.8, 4) is 12.1 Å².